The number of hydrogen-bond donors (Lipinski definition) is 1. The smallest absolute Gasteiger partial charge is 0.295 e. The predicted molar refractivity (Wildman–Crippen MR) is 148 cm³/mol. The normalized spacial score (nSPS) is 16.9. The lowest BCUT2D eigenvalue weighted by Crippen LogP contribution is -2.38. The lowest BCUT2D eigenvalue weighted by Gasteiger charge is -2.28. The average Bonchev–Trinajstić information content (AvgIpc) is 3.42. The van der Waals surface area contributed by atoms with Gasteiger partial charge in [0.25, 0.3) is 11.7 Å². The van der Waals surface area contributed by atoms with Crippen molar-refractivity contribution in [3.63, 3.8) is 0 Å². The first-order chi connectivity index (χ1) is 18.7. The van der Waals surface area contributed by atoms with Crippen LogP contribution in [0.1, 0.15) is 42.4 Å². The maximum absolute atomic E-state index is 13.6. The Kier molecular flexibility index (Phi) is 8.15. The number of aryl methyl sites for hydroxylation is 2. The number of imidazole rings is 1. The molecule has 4 rings (SSSR count). The molecule has 0 spiro atoms. The van der Waals surface area contributed by atoms with E-state index in [0.717, 1.165) is 18.7 Å². The molecule has 1 aliphatic rings. The molecule has 39 heavy (non-hydrogen) atoms. The summed E-state index contributed by atoms with van der Waals surface area (Å²) in [7, 11) is 4.51. The van der Waals surface area contributed by atoms with Gasteiger partial charge in [0.1, 0.15) is 11.3 Å². The fourth-order valence-corrected chi connectivity index (χ4v) is 5.18. The highest BCUT2D eigenvalue weighted by Crippen LogP contribution is 2.45. The highest BCUT2D eigenvalue weighted by atomic mass is 16.5. The summed E-state index contributed by atoms with van der Waals surface area (Å²) in [5.74, 6) is -0.631. The van der Waals surface area contributed by atoms with Crippen molar-refractivity contribution in [3.05, 3.63) is 58.6 Å². The molecule has 0 saturated carbocycles. The van der Waals surface area contributed by atoms with Crippen molar-refractivity contribution in [2.75, 3.05) is 47.5 Å². The quantitative estimate of drug-likeness (QED) is 0.237. The molecule has 0 radical (unpaired) electrons. The number of ketones is 1. The zero-order chi connectivity index (χ0) is 28.4. The second-order valence-corrected chi connectivity index (χ2v) is 9.41. The standard InChI is InChI=1S/C29H36N4O6/c1-8-31(9-2)13-14-33-24(19-15-20(37-5)27(39-7)21(16-19)38-6)22(26(35)29(33)36)25(34)23-18(4)32-12-10-11-17(3)28(32)30-23/h10-12,15-16,24,34H,8-9,13-14H2,1-7H3. The number of likely N-dealkylation sites (N-methyl/N-ethyl adjacent to an activating group) is 1. The lowest BCUT2D eigenvalue weighted by molar-refractivity contribution is -0.140. The minimum absolute atomic E-state index is 0.0296. The van der Waals surface area contributed by atoms with Gasteiger partial charge in [0.05, 0.1) is 38.6 Å². The van der Waals surface area contributed by atoms with Crippen molar-refractivity contribution >= 4 is 23.1 Å². The highest BCUT2D eigenvalue weighted by Gasteiger charge is 2.47. The SMILES string of the molecule is CCN(CC)CCN1C(=O)C(=O)C(=C(O)c2nc3c(C)cccn3c2C)C1c1cc(OC)c(OC)c(OC)c1. The largest absolute Gasteiger partial charge is 0.505 e. The molecule has 1 unspecified atom stereocenters. The van der Waals surface area contributed by atoms with Crippen LogP contribution < -0.4 is 14.2 Å². The first-order valence-electron chi connectivity index (χ1n) is 13.0. The topological polar surface area (TPSA) is 106 Å². The number of aliphatic hydroxyl groups excluding tert-OH is 1. The molecule has 1 N–H and O–H groups in total. The summed E-state index contributed by atoms with van der Waals surface area (Å²) in [6, 6.07) is 6.34. The Labute approximate surface area is 228 Å². The van der Waals surface area contributed by atoms with Gasteiger partial charge in [-0.15, -0.1) is 0 Å². The number of benzene rings is 1. The summed E-state index contributed by atoms with van der Waals surface area (Å²) in [4.78, 5) is 35.4. The van der Waals surface area contributed by atoms with Crippen LogP contribution in [-0.2, 0) is 9.59 Å². The maximum Gasteiger partial charge on any atom is 0.295 e. The average molecular weight is 537 g/mol. The Hall–Kier alpha value is -4.05. The molecule has 2 aromatic heterocycles. The first-order valence-corrected chi connectivity index (χ1v) is 13.0. The van der Waals surface area contributed by atoms with Gasteiger partial charge >= 0.3 is 0 Å². The first kappa shape index (κ1) is 28.0. The molecule has 1 aliphatic heterocycles. The monoisotopic (exact) mass is 536 g/mol. The third-order valence-corrected chi connectivity index (χ3v) is 7.40. The molecule has 0 bridgehead atoms. The van der Waals surface area contributed by atoms with E-state index in [2.05, 4.69) is 9.88 Å². The van der Waals surface area contributed by atoms with Crippen molar-refractivity contribution in [1.82, 2.24) is 19.2 Å². The number of methoxy groups -OCH3 is 3. The summed E-state index contributed by atoms with van der Waals surface area (Å²) in [5.41, 5.74) is 3.00. The summed E-state index contributed by atoms with van der Waals surface area (Å²) in [5, 5.41) is 11.7. The second kappa shape index (κ2) is 11.4. The number of likely N-dealkylation sites (tertiary alicyclic amines) is 1. The van der Waals surface area contributed by atoms with E-state index in [-0.39, 0.29) is 23.6 Å². The number of fused-ring (bicyclic) bond motifs is 1. The van der Waals surface area contributed by atoms with Crippen LogP contribution in [0, 0.1) is 13.8 Å². The van der Waals surface area contributed by atoms with Crippen molar-refractivity contribution in [2.24, 2.45) is 0 Å². The second-order valence-electron chi connectivity index (χ2n) is 9.41. The Morgan fingerprint density at radius 2 is 1.69 bits per heavy atom. The number of carbonyl (C=O) groups excluding carboxylic acids is 2. The Bertz CT molecular complexity index is 1410. The van der Waals surface area contributed by atoms with Crippen LogP contribution in [-0.4, -0.2) is 83.5 Å². The minimum Gasteiger partial charge on any atom is -0.505 e. The summed E-state index contributed by atoms with van der Waals surface area (Å²) in [6.45, 7) is 10.3. The Morgan fingerprint density at radius 3 is 2.23 bits per heavy atom. The fourth-order valence-electron chi connectivity index (χ4n) is 5.18. The third-order valence-electron chi connectivity index (χ3n) is 7.40. The van der Waals surface area contributed by atoms with Crippen molar-refractivity contribution in [2.45, 2.75) is 33.7 Å². The molecule has 1 atom stereocenters. The van der Waals surface area contributed by atoms with Crippen LogP contribution in [0.25, 0.3) is 11.4 Å². The lowest BCUT2D eigenvalue weighted by atomic mass is 9.95. The Morgan fingerprint density at radius 1 is 1.05 bits per heavy atom. The molecular weight excluding hydrogens is 500 g/mol. The number of amides is 1. The zero-order valence-corrected chi connectivity index (χ0v) is 23.6. The fraction of sp³-hybridized carbons (Fsp3) is 0.414. The number of hydrogen-bond acceptors (Lipinski definition) is 8. The van der Waals surface area contributed by atoms with Gasteiger partial charge in [-0.05, 0) is 56.3 Å². The van der Waals surface area contributed by atoms with E-state index in [4.69, 9.17) is 14.2 Å². The van der Waals surface area contributed by atoms with Crippen molar-refractivity contribution in [3.8, 4) is 17.2 Å². The summed E-state index contributed by atoms with van der Waals surface area (Å²) < 4.78 is 18.5. The van der Waals surface area contributed by atoms with Crippen LogP contribution in [0.5, 0.6) is 17.2 Å². The van der Waals surface area contributed by atoms with Gasteiger partial charge in [-0.25, -0.2) is 4.98 Å². The van der Waals surface area contributed by atoms with Gasteiger partial charge in [0.2, 0.25) is 5.75 Å². The van der Waals surface area contributed by atoms with E-state index in [1.54, 1.807) is 12.1 Å². The van der Waals surface area contributed by atoms with Gasteiger partial charge in [-0.3, -0.25) is 9.59 Å². The number of pyridine rings is 1. The number of aromatic nitrogens is 2. The molecule has 1 fully saturated rings. The molecule has 208 valence electrons. The number of nitrogens with zero attached hydrogens (tertiary/aromatic N) is 4. The van der Waals surface area contributed by atoms with Gasteiger partial charge in [0.15, 0.2) is 17.3 Å². The summed E-state index contributed by atoms with van der Waals surface area (Å²) in [6.07, 6.45) is 1.85. The number of rotatable bonds is 10. The molecule has 1 aromatic carbocycles. The van der Waals surface area contributed by atoms with Gasteiger partial charge in [-0.2, -0.15) is 0 Å². The highest BCUT2D eigenvalue weighted by molar-refractivity contribution is 6.46. The minimum atomic E-state index is -0.889. The molecule has 10 nitrogen and oxygen atoms in total. The van der Waals surface area contributed by atoms with E-state index in [1.807, 2.05) is 50.4 Å². The number of carbonyl (C=O) groups is 2. The van der Waals surface area contributed by atoms with Gasteiger partial charge in [0, 0.05) is 19.3 Å². The molecule has 1 amide bonds. The molecule has 0 aliphatic carbocycles. The van der Waals surface area contributed by atoms with E-state index in [9.17, 15) is 14.7 Å². The molecule has 10 heteroatoms. The number of Topliss-reactive ketones (excluding diaryl/α,β-unsaturated/α-hetero) is 1. The van der Waals surface area contributed by atoms with Gasteiger partial charge < -0.3 is 33.5 Å². The van der Waals surface area contributed by atoms with Crippen LogP contribution in [0.3, 0.4) is 0 Å². The predicted octanol–water partition coefficient (Wildman–Crippen LogP) is 3.74. The van der Waals surface area contributed by atoms with Crippen LogP contribution in [0.4, 0.5) is 0 Å². The van der Waals surface area contributed by atoms with E-state index in [1.165, 1.54) is 26.2 Å². The zero-order valence-electron chi connectivity index (χ0n) is 23.6. The van der Waals surface area contributed by atoms with Crippen molar-refractivity contribution < 1.29 is 28.9 Å². The molecule has 3 aromatic rings. The van der Waals surface area contributed by atoms with Crippen LogP contribution >= 0.6 is 0 Å². The third kappa shape index (κ3) is 4.80. The van der Waals surface area contributed by atoms with E-state index < -0.39 is 17.7 Å². The molecule has 1 saturated heterocycles. The van der Waals surface area contributed by atoms with Crippen molar-refractivity contribution in [1.29, 1.82) is 0 Å². The van der Waals surface area contributed by atoms with Crippen LogP contribution in [0.2, 0.25) is 0 Å². The maximum atomic E-state index is 13.6. The van der Waals surface area contributed by atoms with Gasteiger partial charge in [-0.1, -0.05) is 19.9 Å². The molecular formula is C29H36N4O6. The number of ether oxygens (including phenoxy) is 3. The summed E-state index contributed by atoms with van der Waals surface area (Å²) >= 11 is 0. The van der Waals surface area contributed by atoms with E-state index in [0.29, 0.717) is 40.7 Å². The Balaban J connectivity index is 1.96. The number of aliphatic hydroxyl groups is 1. The molecule has 3 heterocycles. The van der Waals surface area contributed by atoms with E-state index >= 15 is 0 Å². The van der Waals surface area contributed by atoms with Crippen LogP contribution in [0.15, 0.2) is 36.0 Å².